The third-order valence-electron chi connectivity index (χ3n) is 5.05. The second-order valence-electron chi connectivity index (χ2n) is 9.50. The second-order valence-corrected chi connectivity index (χ2v) is 10.6. The standard InChI is InChI=1S/C22H43N3O5S/c1-8-11-18(26)24(6)17(15-31-13-10-9-12-21(2,3)29)20(28)25(7)16(19(23)27)14-22(4,5)30/h16-17,29-30H,8-15H2,1-7H3,(H2,23,27)/t16-,17+/m0/s1. The molecular formula is C22H43N3O5S. The van der Waals surface area contributed by atoms with Crippen molar-refractivity contribution < 1.29 is 24.6 Å². The number of rotatable bonds is 15. The lowest BCUT2D eigenvalue weighted by molar-refractivity contribution is -0.147. The SMILES string of the molecule is CCCC(=O)N(C)[C@H](CSCCCCC(C)(C)O)C(=O)N(C)[C@@H](CC(C)(C)O)C(N)=O. The number of thioether (sulfide) groups is 1. The van der Waals surface area contributed by atoms with Crippen molar-refractivity contribution in [3.63, 3.8) is 0 Å². The van der Waals surface area contributed by atoms with E-state index in [4.69, 9.17) is 5.73 Å². The van der Waals surface area contributed by atoms with Gasteiger partial charge in [0.15, 0.2) is 0 Å². The van der Waals surface area contributed by atoms with Gasteiger partial charge in [-0.15, -0.1) is 0 Å². The van der Waals surface area contributed by atoms with Gasteiger partial charge in [0.25, 0.3) is 0 Å². The van der Waals surface area contributed by atoms with Crippen LogP contribution in [0.4, 0.5) is 0 Å². The highest BCUT2D eigenvalue weighted by molar-refractivity contribution is 7.99. The summed E-state index contributed by atoms with van der Waals surface area (Å²) in [5, 5.41) is 19.9. The summed E-state index contributed by atoms with van der Waals surface area (Å²) in [5.41, 5.74) is 3.64. The van der Waals surface area contributed by atoms with Crippen molar-refractivity contribution in [2.75, 3.05) is 25.6 Å². The Morgan fingerprint density at radius 3 is 2.00 bits per heavy atom. The number of carbonyl (C=O) groups is 3. The van der Waals surface area contributed by atoms with Crippen LogP contribution in [0.2, 0.25) is 0 Å². The van der Waals surface area contributed by atoms with Gasteiger partial charge in [0, 0.05) is 32.7 Å². The van der Waals surface area contributed by atoms with E-state index in [1.807, 2.05) is 6.92 Å². The Morgan fingerprint density at radius 1 is 0.968 bits per heavy atom. The summed E-state index contributed by atoms with van der Waals surface area (Å²) in [6.07, 6.45) is 3.48. The van der Waals surface area contributed by atoms with Gasteiger partial charge in [0.2, 0.25) is 17.7 Å². The van der Waals surface area contributed by atoms with Crippen molar-refractivity contribution in [3.8, 4) is 0 Å². The molecule has 182 valence electrons. The van der Waals surface area contributed by atoms with Gasteiger partial charge < -0.3 is 25.7 Å². The van der Waals surface area contributed by atoms with E-state index in [9.17, 15) is 24.6 Å². The van der Waals surface area contributed by atoms with Crippen LogP contribution >= 0.6 is 11.8 Å². The quantitative estimate of drug-likeness (QED) is 0.319. The Bertz CT molecular complexity index is 587. The number of amides is 3. The Kier molecular flexibility index (Phi) is 12.7. The molecule has 0 saturated heterocycles. The fourth-order valence-corrected chi connectivity index (χ4v) is 4.32. The van der Waals surface area contributed by atoms with Crippen LogP contribution in [0.3, 0.4) is 0 Å². The third-order valence-corrected chi connectivity index (χ3v) is 6.18. The summed E-state index contributed by atoms with van der Waals surface area (Å²) in [5.74, 6) is -0.00830. The first-order valence-corrected chi connectivity index (χ1v) is 12.1. The molecule has 0 aromatic rings. The Balaban J connectivity index is 5.27. The molecule has 0 unspecified atom stereocenters. The summed E-state index contributed by atoms with van der Waals surface area (Å²) in [7, 11) is 3.10. The molecule has 2 atom stereocenters. The van der Waals surface area contributed by atoms with E-state index in [1.165, 1.54) is 16.8 Å². The summed E-state index contributed by atoms with van der Waals surface area (Å²) >= 11 is 1.57. The van der Waals surface area contributed by atoms with E-state index in [-0.39, 0.29) is 18.2 Å². The topological polar surface area (TPSA) is 124 Å². The molecule has 4 N–H and O–H groups in total. The molecule has 0 aromatic heterocycles. The Labute approximate surface area is 191 Å². The number of hydrogen-bond donors (Lipinski definition) is 3. The van der Waals surface area contributed by atoms with Crippen LogP contribution in [0.1, 0.15) is 73.1 Å². The number of unbranched alkanes of at least 4 members (excludes halogenated alkanes) is 1. The molecule has 3 amide bonds. The summed E-state index contributed by atoms with van der Waals surface area (Å²) in [4.78, 5) is 40.4. The van der Waals surface area contributed by atoms with Gasteiger partial charge in [-0.25, -0.2) is 0 Å². The molecule has 0 heterocycles. The molecule has 31 heavy (non-hydrogen) atoms. The lowest BCUT2D eigenvalue weighted by atomic mass is 9.97. The van der Waals surface area contributed by atoms with E-state index in [2.05, 4.69) is 0 Å². The lowest BCUT2D eigenvalue weighted by Gasteiger charge is -2.35. The normalized spacial score (nSPS) is 14.1. The van der Waals surface area contributed by atoms with E-state index in [1.54, 1.807) is 46.5 Å². The van der Waals surface area contributed by atoms with Crippen LogP contribution in [-0.2, 0) is 14.4 Å². The molecule has 0 aliphatic heterocycles. The first-order valence-electron chi connectivity index (χ1n) is 10.9. The van der Waals surface area contributed by atoms with Crippen LogP contribution in [0.15, 0.2) is 0 Å². The smallest absolute Gasteiger partial charge is 0.246 e. The van der Waals surface area contributed by atoms with Crippen molar-refractivity contribution >= 4 is 29.5 Å². The molecule has 0 rings (SSSR count). The fraction of sp³-hybridized carbons (Fsp3) is 0.864. The van der Waals surface area contributed by atoms with Crippen molar-refractivity contribution in [3.05, 3.63) is 0 Å². The number of aliphatic hydroxyl groups is 2. The molecule has 0 saturated carbocycles. The van der Waals surface area contributed by atoms with Gasteiger partial charge >= 0.3 is 0 Å². The summed E-state index contributed by atoms with van der Waals surface area (Å²) < 4.78 is 0. The van der Waals surface area contributed by atoms with Gasteiger partial charge in [-0.3, -0.25) is 14.4 Å². The van der Waals surface area contributed by atoms with Crippen molar-refractivity contribution in [1.82, 2.24) is 9.80 Å². The fourth-order valence-electron chi connectivity index (χ4n) is 3.16. The number of hydrogen-bond acceptors (Lipinski definition) is 6. The van der Waals surface area contributed by atoms with Crippen LogP contribution < -0.4 is 5.73 Å². The number of primary amides is 1. The number of carbonyl (C=O) groups excluding carboxylic acids is 3. The zero-order chi connectivity index (χ0) is 24.4. The molecule has 0 radical (unpaired) electrons. The molecule has 0 fully saturated rings. The van der Waals surface area contributed by atoms with Gasteiger partial charge in [-0.1, -0.05) is 6.92 Å². The van der Waals surface area contributed by atoms with Gasteiger partial charge in [0.1, 0.15) is 12.1 Å². The molecule has 0 aliphatic carbocycles. The van der Waals surface area contributed by atoms with Crippen molar-refractivity contribution in [2.45, 2.75) is 96.4 Å². The number of nitrogens with zero attached hydrogens (tertiary/aromatic N) is 2. The van der Waals surface area contributed by atoms with E-state index in [0.29, 0.717) is 25.0 Å². The monoisotopic (exact) mass is 461 g/mol. The lowest BCUT2D eigenvalue weighted by Crippen LogP contribution is -2.56. The molecular weight excluding hydrogens is 418 g/mol. The highest BCUT2D eigenvalue weighted by atomic mass is 32.2. The molecule has 0 aliphatic rings. The zero-order valence-electron chi connectivity index (χ0n) is 20.3. The number of nitrogens with two attached hydrogens (primary N) is 1. The average molecular weight is 462 g/mol. The van der Waals surface area contributed by atoms with Crippen molar-refractivity contribution in [2.24, 2.45) is 5.73 Å². The van der Waals surface area contributed by atoms with E-state index in [0.717, 1.165) is 18.6 Å². The highest BCUT2D eigenvalue weighted by Gasteiger charge is 2.36. The molecule has 9 heteroatoms. The maximum Gasteiger partial charge on any atom is 0.246 e. The predicted molar refractivity (Wildman–Crippen MR) is 126 cm³/mol. The largest absolute Gasteiger partial charge is 0.390 e. The number of likely N-dealkylation sites (N-methyl/N-ethyl adjacent to an activating group) is 2. The van der Waals surface area contributed by atoms with Gasteiger partial charge in [-0.2, -0.15) is 11.8 Å². The maximum atomic E-state index is 13.3. The minimum atomic E-state index is -1.18. The van der Waals surface area contributed by atoms with Crippen LogP contribution in [0.5, 0.6) is 0 Å². The van der Waals surface area contributed by atoms with Crippen LogP contribution in [0, 0.1) is 0 Å². The Hall–Kier alpha value is -1.32. The first kappa shape index (κ1) is 29.7. The minimum absolute atomic E-state index is 0.00794. The highest BCUT2D eigenvalue weighted by Crippen LogP contribution is 2.20. The molecule has 8 nitrogen and oxygen atoms in total. The zero-order valence-corrected chi connectivity index (χ0v) is 21.1. The first-order chi connectivity index (χ1) is 14.1. The molecule has 0 bridgehead atoms. The van der Waals surface area contributed by atoms with Crippen molar-refractivity contribution in [1.29, 1.82) is 0 Å². The summed E-state index contributed by atoms with van der Waals surface area (Å²) in [6, 6.07) is -1.70. The third kappa shape index (κ3) is 12.3. The molecule has 0 aromatic carbocycles. The van der Waals surface area contributed by atoms with E-state index >= 15 is 0 Å². The van der Waals surface area contributed by atoms with Crippen LogP contribution in [0.25, 0.3) is 0 Å². The second kappa shape index (κ2) is 13.3. The average Bonchev–Trinajstić information content (AvgIpc) is 2.62. The minimum Gasteiger partial charge on any atom is -0.390 e. The van der Waals surface area contributed by atoms with Gasteiger partial charge in [-0.05, 0) is 59.1 Å². The van der Waals surface area contributed by atoms with Gasteiger partial charge in [0.05, 0.1) is 11.2 Å². The van der Waals surface area contributed by atoms with Crippen LogP contribution in [-0.4, -0.2) is 86.6 Å². The maximum absolute atomic E-state index is 13.3. The Morgan fingerprint density at radius 2 is 1.55 bits per heavy atom. The molecule has 0 spiro atoms. The summed E-state index contributed by atoms with van der Waals surface area (Å²) in [6.45, 7) is 8.57. The predicted octanol–water partition coefficient (Wildman–Crippen LogP) is 1.76. The van der Waals surface area contributed by atoms with E-state index < -0.39 is 29.2 Å².